The Balaban J connectivity index is 2.03. The van der Waals surface area contributed by atoms with Crippen molar-refractivity contribution in [3.05, 3.63) is 79.6 Å². The molecule has 26 heavy (non-hydrogen) atoms. The zero-order chi connectivity index (χ0) is 18.0. The third-order valence-electron chi connectivity index (χ3n) is 4.89. The molecule has 0 aliphatic carbocycles. The van der Waals surface area contributed by atoms with E-state index in [1.165, 1.54) is 0 Å². The van der Waals surface area contributed by atoms with Gasteiger partial charge in [-0.2, -0.15) is 0 Å². The molecule has 5 heteroatoms. The number of H-pyrrole nitrogens is 2. The molecule has 0 atom stereocenters. The van der Waals surface area contributed by atoms with Gasteiger partial charge < -0.3 is 9.97 Å². The molecule has 126 valence electrons. The van der Waals surface area contributed by atoms with E-state index >= 15 is 0 Å². The number of benzene rings is 3. The second-order valence-corrected chi connectivity index (χ2v) is 6.98. The van der Waals surface area contributed by atoms with E-state index < -0.39 is 0 Å². The largest absolute Gasteiger partial charge is 0.354 e. The molecule has 0 aliphatic heterocycles. The van der Waals surface area contributed by atoms with Crippen molar-refractivity contribution in [2.45, 2.75) is 6.92 Å². The third kappa shape index (κ3) is 2.02. The van der Waals surface area contributed by atoms with Crippen LogP contribution < -0.4 is 10.9 Å². The fourth-order valence-corrected chi connectivity index (χ4v) is 3.90. The topological polar surface area (TPSA) is 65.7 Å². The molecule has 0 amide bonds. The first-order chi connectivity index (χ1) is 12.5. The summed E-state index contributed by atoms with van der Waals surface area (Å²) in [6, 6.07) is 14.4. The van der Waals surface area contributed by atoms with Crippen molar-refractivity contribution in [3.8, 4) is 0 Å². The highest BCUT2D eigenvalue weighted by molar-refractivity contribution is 6.31. The summed E-state index contributed by atoms with van der Waals surface area (Å²) < 4.78 is 0. The van der Waals surface area contributed by atoms with Crippen LogP contribution in [0.15, 0.2) is 58.1 Å². The highest BCUT2D eigenvalue weighted by Gasteiger charge is 2.12. The van der Waals surface area contributed by atoms with E-state index in [1.54, 1.807) is 24.3 Å². The summed E-state index contributed by atoms with van der Waals surface area (Å²) in [5.74, 6) is 0. The number of nitrogens with one attached hydrogen (secondary N) is 2. The van der Waals surface area contributed by atoms with Gasteiger partial charge in [-0.25, -0.2) is 0 Å². The van der Waals surface area contributed by atoms with Crippen molar-refractivity contribution in [1.29, 1.82) is 0 Å². The van der Waals surface area contributed by atoms with Crippen LogP contribution in [0.2, 0.25) is 5.02 Å². The molecule has 0 saturated heterocycles. The highest BCUT2D eigenvalue weighted by Crippen LogP contribution is 2.24. The average Bonchev–Trinajstić information content (AvgIpc) is 2.62. The minimum Gasteiger partial charge on any atom is -0.354 e. The van der Waals surface area contributed by atoms with Crippen molar-refractivity contribution >= 4 is 55.2 Å². The number of aryl methyl sites for hydroxylation is 1. The molecular weight excluding hydrogens is 348 g/mol. The van der Waals surface area contributed by atoms with Crippen LogP contribution in [0, 0.1) is 6.92 Å². The van der Waals surface area contributed by atoms with Crippen molar-refractivity contribution < 1.29 is 0 Å². The normalized spacial score (nSPS) is 11.8. The van der Waals surface area contributed by atoms with Crippen LogP contribution in [-0.2, 0) is 0 Å². The lowest BCUT2D eigenvalue weighted by molar-refractivity contribution is 1.41. The van der Waals surface area contributed by atoms with Gasteiger partial charge in [-0.1, -0.05) is 23.7 Å². The SMILES string of the molecule is Cc1cc(Cl)cc2c(=O)c3cc4[nH]c5ccccc5c(=O)c4cc3[nH]c12. The number of hydrogen-bond acceptors (Lipinski definition) is 2. The fourth-order valence-electron chi connectivity index (χ4n) is 3.63. The van der Waals surface area contributed by atoms with E-state index in [0.717, 1.165) is 16.6 Å². The number of aromatic amines is 2. The fraction of sp³-hybridized carbons (Fsp3) is 0.0476. The molecular formula is C21H13ClN2O2. The number of pyridine rings is 2. The Kier molecular flexibility index (Phi) is 3.03. The lowest BCUT2D eigenvalue weighted by atomic mass is 10.0. The number of aromatic nitrogens is 2. The number of rotatable bonds is 0. The standard InChI is InChI=1S/C21H13ClN2O2/c1-10-6-11(22)7-15-19(10)24-18-9-13-17(8-14(18)21(15)26)23-16-5-3-2-4-12(16)20(13)25/h2-9H,1H3,(H,23,25)(H,24,26). The maximum atomic E-state index is 13.0. The summed E-state index contributed by atoms with van der Waals surface area (Å²) in [5.41, 5.74) is 3.51. The minimum atomic E-state index is -0.102. The van der Waals surface area contributed by atoms with Crippen molar-refractivity contribution in [3.63, 3.8) is 0 Å². The lowest BCUT2D eigenvalue weighted by Gasteiger charge is -2.08. The zero-order valence-electron chi connectivity index (χ0n) is 13.8. The van der Waals surface area contributed by atoms with E-state index in [4.69, 9.17) is 11.6 Å². The van der Waals surface area contributed by atoms with Crippen LogP contribution >= 0.6 is 11.6 Å². The first-order valence-electron chi connectivity index (χ1n) is 8.23. The number of para-hydroxylation sites is 1. The van der Waals surface area contributed by atoms with E-state index in [0.29, 0.717) is 37.6 Å². The van der Waals surface area contributed by atoms with Crippen LogP contribution in [-0.4, -0.2) is 9.97 Å². The Morgan fingerprint density at radius 1 is 0.731 bits per heavy atom. The highest BCUT2D eigenvalue weighted by atomic mass is 35.5. The Morgan fingerprint density at radius 3 is 2.15 bits per heavy atom. The molecule has 0 spiro atoms. The number of hydrogen-bond donors (Lipinski definition) is 2. The minimum absolute atomic E-state index is 0.0509. The summed E-state index contributed by atoms with van der Waals surface area (Å²) in [7, 11) is 0. The van der Waals surface area contributed by atoms with Crippen LogP contribution in [0.4, 0.5) is 0 Å². The van der Waals surface area contributed by atoms with E-state index in [-0.39, 0.29) is 10.9 Å². The molecule has 0 fully saturated rings. The Bertz CT molecular complexity index is 1500. The molecule has 5 aromatic rings. The van der Waals surface area contributed by atoms with Gasteiger partial charge in [-0.15, -0.1) is 0 Å². The quantitative estimate of drug-likeness (QED) is 0.395. The van der Waals surface area contributed by atoms with Gasteiger partial charge in [0.2, 0.25) is 0 Å². The van der Waals surface area contributed by atoms with Gasteiger partial charge in [-0.3, -0.25) is 9.59 Å². The van der Waals surface area contributed by atoms with Gasteiger partial charge in [0.25, 0.3) is 0 Å². The molecule has 0 bridgehead atoms. The van der Waals surface area contributed by atoms with Crippen molar-refractivity contribution in [1.82, 2.24) is 9.97 Å². The maximum absolute atomic E-state index is 13.0. The van der Waals surface area contributed by atoms with E-state index in [2.05, 4.69) is 9.97 Å². The van der Waals surface area contributed by atoms with Crippen LogP contribution in [0.1, 0.15) is 5.56 Å². The maximum Gasteiger partial charge on any atom is 0.197 e. The smallest absolute Gasteiger partial charge is 0.197 e. The number of fused-ring (bicyclic) bond motifs is 4. The van der Waals surface area contributed by atoms with Gasteiger partial charge in [0, 0.05) is 32.1 Å². The average molecular weight is 361 g/mol. The second-order valence-electron chi connectivity index (χ2n) is 6.54. The molecule has 2 N–H and O–H groups in total. The summed E-state index contributed by atoms with van der Waals surface area (Å²) in [5, 5.41) is 2.78. The molecule has 3 aromatic carbocycles. The van der Waals surface area contributed by atoms with Gasteiger partial charge >= 0.3 is 0 Å². The molecule has 0 aliphatic rings. The first-order valence-corrected chi connectivity index (χ1v) is 8.61. The molecule has 0 radical (unpaired) electrons. The van der Waals surface area contributed by atoms with E-state index in [1.807, 2.05) is 31.2 Å². The summed E-state index contributed by atoms with van der Waals surface area (Å²) in [4.78, 5) is 32.4. The summed E-state index contributed by atoms with van der Waals surface area (Å²) >= 11 is 6.13. The summed E-state index contributed by atoms with van der Waals surface area (Å²) in [6.45, 7) is 1.90. The van der Waals surface area contributed by atoms with Crippen LogP contribution in [0.25, 0.3) is 43.6 Å². The van der Waals surface area contributed by atoms with Gasteiger partial charge in [0.1, 0.15) is 0 Å². The monoisotopic (exact) mass is 360 g/mol. The van der Waals surface area contributed by atoms with Crippen LogP contribution in [0.5, 0.6) is 0 Å². The first kappa shape index (κ1) is 15.2. The van der Waals surface area contributed by atoms with Gasteiger partial charge in [-0.05, 0) is 48.9 Å². The molecule has 0 saturated carbocycles. The second kappa shape index (κ2) is 5.19. The molecule has 2 aromatic heterocycles. The summed E-state index contributed by atoms with van der Waals surface area (Å²) in [6.07, 6.45) is 0. The molecule has 0 unspecified atom stereocenters. The Morgan fingerprint density at radius 2 is 1.38 bits per heavy atom. The van der Waals surface area contributed by atoms with Gasteiger partial charge in [0.15, 0.2) is 10.9 Å². The molecule has 5 rings (SSSR count). The molecule has 4 nitrogen and oxygen atoms in total. The Hall–Kier alpha value is -3.11. The van der Waals surface area contributed by atoms with Crippen molar-refractivity contribution in [2.24, 2.45) is 0 Å². The predicted octanol–water partition coefficient (Wildman–Crippen LogP) is 4.64. The van der Waals surface area contributed by atoms with Gasteiger partial charge in [0.05, 0.1) is 16.6 Å². The van der Waals surface area contributed by atoms with Crippen molar-refractivity contribution in [2.75, 3.05) is 0 Å². The van der Waals surface area contributed by atoms with Crippen LogP contribution in [0.3, 0.4) is 0 Å². The third-order valence-corrected chi connectivity index (χ3v) is 5.11. The lowest BCUT2D eigenvalue weighted by Crippen LogP contribution is -2.08. The van der Waals surface area contributed by atoms with E-state index in [9.17, 15) is 9.59 Å². The number of halogens is 1. The Labute approximate surface area is 152 Å². The molecule has 2 heterocycles. The zero-order valence-corrected chi connectivity index (χ0v) is 14.6. The predicted molar refractivity (Wildman–Crippen MR) is 107 cm³/mol.